The summed E-state index contributed by atoms with van der Waals surface area (Å²) in [5, 5.41) is 9.07. The number of rotatable bonds is 2. The van der Waals surface area contributed by atoms with E-state index in [0.29, 0.717) is 19.7 Å². The highest BCUT2D eigenvalue weighted by Gasteiger charge is 2.52. The number of carbonyl (C=O) groups is 1. The first-order valence-electron chi connectivity index (χ1n) is 7.43. The van der Waals surface area contributed by atoms with E-state index in [9.17, 15) is 9.35 Å². The van der Waals surface area contributed by atoms with Crippen molar-refractivity contribution in [1.29, 1.82) is 0 Å². The van der Waals surface area contributed by atoms with E-state index in [4.69, 9.17) is 9.84 Å². The molecule has 122 valence electrons. The zero-order chi connectivity index (χ0) is 15.8. The van der Waals surface area contributed by atoms with Gasteiger partial charge in [-0.15, -0.1) is 4.72 Å². The van der Waals surface area contributed by atoms with Gasteiger partial charge in [0, 0.05) is 29.9 Å². The van der Waals surface area contributed by atoms with Crippen LogP contribution in [-0.4, -0.2) is 57.2 Å². The van der Waals surface area contributed by atoms with Crippen LogP contribution in [0.5, 0.6) is 0 Å². The van der Waals surface area contributed by atoms with Gasteiger partial charge in [-0.05, 0) is 40.5 Å². The lowest BCUT2D eigenvalue weighted by Crippen LogP contribution is -2.57. The Labute approximate surface area is 129 Å². The van der Waals surface area contributed by atoms with E-state index in [1.54, 1.807) is 0 Å². The normalized spacial score (nSPS) is 30.6. The molecule has 0 saturated carbocycles. The number of carboxylic acid groups (broad SMARTS) is 1. The third-order valence-electron chi connectivity index (χ3n) is 4.58. The third-order valence-corrected chi connectivity index (χ3v) is 6.16. The molecule has 2 heterocycles. The van der Waals surface area contributed by atoms with Gasteiger partial charge in [0.15, 0.2) is 0 Å². The van der Waals surface area contributed by atoms with Gasteiger partial charge in [0.2, 0.25) is 0 Å². The number of hydrogen-bond donors (Lipinski definition) is 2. The molecule has 0 bridgehead atoms. The molecular weight excluding hydrogens is 292 g/mol. The molecule has 1 spiro atoms. The van der Waals surface area contributed by atoms with Crippen LogP contribution >= 0.6 is 0 Å². The van der Waals surface area contributed by atoms with Gasteiger partial charge in [-0.3, -0.25) is 0 Å². The summed E-state index contributed by atoms with van der Waals surface area (Å²) in [5.41, 5.74) is -0.105. The highest BCUT2D eigenvalue weighted by Crippen LogP contribution is 2.42. The molecule has 2 saturated heterocycles. The van der Waals surface area contributed by atoms with Gasteiger partial charge in [0.1, 0.15) is 4.75 Å². The van der Waals surface area contributed by atoms with Crippen LogP contribution in [0.2, 0.25) is 0 Å². The molecule has 7 heteroatoms. The van der Waals surface area contributed by atoms with Gasteiger partial charge < -0.3 is 19.3 Å². The minimum atomic E-state index is -1.15. The van der Waals surface area contributed by atoms with E-state index in [1.807, 2.05) is 27.7 Å². The number of piperidine rings is 1. The highest BCUT2D eigenvalue weighted by molar-refractivity contribution is 7.90. The van der Waals surface area contributed by atoms with E-state index in [-0.39, 0.29) is 22.3 Å². The summed E-state index contributed by atoms with van der Waals surface area (Å²) in [7, 11) is 0. The van der Waals surface area contributed by atoms with Crippen LogP contribution < -0.4 is 4.72 Å². The number of amides is 1. The second-order valence-electron chi connectivity index (χ2n) is 7.12. The van der Waals surface area contributed by atoms with Crippen LogP contribution in [-0.2, 0) is 16.1 Å². The maximum atomic E-state index is 12.4. The number of ether oxygens (including phenoxy) is 1. The Morgan fingerprint density at radius 1 is 1.43 bits per heavy atom. The summed E-state index contributed by atoms with van der Waals surface area (Å²) < 4.78 is 21.1. The first kappa shape index (κ1) is 16.9. The smallest absolute Gasteiger partial charge is 0.407 e. The van der Waals surface area contributed by atoms with Crippen LogP contribution in [0.15, 0.2) is 0 Å². The van der Waals surface area contributed by atoms with Crippen molar-refractivity contribution in [1.82, 2.24) is 9.62 Å². The van der Waals surface area contributed by atoms with Crippen molar-refractivity contribution >= 4 is 17.5 Å². The molecule has 0 aliphatic carbocycles. The van der Waals surface area contributed by atoms with Crippen molar-refractivity contribution in [3.63, 3.8) is 0 Å². The van der Waals surface area contributed by atoms with Crippen LogP contribution in [0.3, 0.4) is 0 Å². The zero-order valence-corrected chi connectivity index (χ0v) is 14.0. The summed E-state index contributed by atoms with van der Waals surface area (Å²) in [6.45, 7) is 9.47. The number of nitrogens with one attached hydrogen (secondary N) is 1. The van der Waals surface area contributed by atoms with Crippen LogP contribution in [0, 0.1) is 5.41 Å². The van der Waals surface area contributed by atoms with Gasteiger partial charge in [-0.25, -0.2) is 4.79 Å². The predicted molar refractivity (Wildman–Crippen MR) is 81.5 cm³/mol. The second kappa shape index (κ2) is 5.95. The predicted octanol–water partition coefficient (Wildman–Crippen LogP) is 1.59. The quantitative estimate of drug-likeness (QED) is 0.755. The summed E-state index contributed by atoms with van der Waals surface area (Å²) in [4.78, 5) is 12.5. The van der Waals surface area contributed by atoms with Gasteiger partial charge in [-0.2, -0.15) is 0 Å². The first-order chi connectivity index (χ1) is 9.66. The van der Waals surface area contributed by atoms with E-state index in [0.717, 1.165) is 12.8 Å². The Bertz CT molecular complexity index is 391. The fourth-order valence-corrected chi connectivity index (χ4v) is 4.12. The molecule has 6 nitrogen and oxygen atoms in total. The van der Waals surface area contributed by atoms with Gasteiger partial charge in [0.25, 0.3) is 0 Å². The Morgan fingerprint density at radius 3 is 2.48 bits per heavy atom. The maximum absolute atomic E-state index is 12.4. The van der Waals surface area contributed by atoms with Crippen molar-refractivity contribution in [2.24, 2.45) is 5.41 Å². The second-order valence-corrected chi connectivity index (χ2v) is 9.12. The lowest BCUT2D eigenvalue weighted by Gasteiger charge is -2.42. The molecule has 2 N–H and O–H groups in total. The summed E-state index contributed by atoms with van der Waals surface area (Å²) >= 11 is -1.15. The van der Waals surface area contributed by atoms with Crippen molar-refractivity contribution < 1.29 is 19.2 Å². The highest BCUT2D eigenvalue weighted by atomic mass is 32.2. The molecule has 0 aromatic rings. The molecule has 2 fully saturated rings. The minimum absolute atomic E-state index is 0.00678. The average molecular weight is 318 g/mol. The van der Waals surface area contributed by atoms with Crippen LogP contribution in [0.1, 0.15) is 40.5 Å². The lowest BCUT2D eigenvalue weighted by molar-refractivity contribution is 0.0644. The van der Waals surface area contributed by atoms with Crippen molar-refractivity contribution in [2.45, 2.75) is 57.4 Å². The zero-order valence-electron chi connectivity index (χ0n) is 13.2. The molecule has 0 unspecified atom stereocenters. The molecule has 2 aliphatic rings. The van der Waals surface area contributed by atoms with Gasteiger partial charge in [-0.1, -0.05) is 0 Å². The molecular formula is C14H26N2O4S. The average Bonchev–Trinajstić information content (AvgIpc) is 2.68. The Balaban J connectivity index is 2.07. The van der Waals surface area contributed by atoms with Crippen molar-refractivity contribution in [3.8, 4) is 0 Å². The Morgan fingerprint density at radius 2 is 2.00 bits per heavy atom. The summed E-state index contributed by atoms with van der Waals surface area (Å²) in [5.74, 6) is 0. The molecule has 2 rings (SSSR count). The monoisotopic (exact) mass is 318 g/mol. The van der Waals surface area contributed by atoms with E-state index in [2.05, 4.69) is 4.72 Å². The minimum Gasteiger partial charge on any atom is -0.598 e. The molecule has 21 heavy (non-hydrogen) atoms. The standard InChI is InChI=1S/C14H26N2O4S/c1-10-11(15-21(19)13(2,3)4)14(9-20-10)5-7-16(8-6-14)12(17)18/h10-11,15H,5-9H2,1-4H3,(H,17,18)/t10-,11-,21-/m1/s1. The van der Waals surface area contributed by atoms with Crippen molar-refractivity contribution in [2.75, 3.05) is 19.7 Å². The molecule has 0 aromatic carbocycles. The van der Waals surface area contributed by atoms with E-state index >= 15 is 0 Å². The molecule has 0 aromatic heterocycles. The van der Waals surface area contributed by atoms with Crippen molar-refractivity contribution in [3.05, 3.63) is 0 Å². The SMILES string of the molecule is C[C@H]1OCC2(CCN(C(=O)O)CC2)[C@@H]1N[S@+]([O-])C(C)(C)C. The van der Waals surface area contributed by atoms with Gasteiger partial charge >= 0.3 is 6.09 Å². The van der Waals surface area contributed by atoms with E-state index < -0.39 is 17.5 Å². The summed E-state index contributed by atoms with van der Waals surface area (Å²) in [6, 6.07) is 0.00787. The Hall–Kier alpha value is -0.500. The number of likely N-dealkylation sites (tertiary alicyclic amines) is 1. The fourth-order valence-electron chi connectivity index (χ4n) is 3.09. The van der Waals surface area contributed by atoms with Crippen LogP contribution in [0.4, 0.5) is 4.79 Å². The molecule has 0 radical (unpaired) electrons. The summed E-state index contributed by atoms with van der Waals surface area (Å²) in [6.07, 6.45) is 0.637. The maximum Gasteiger partial charge on any atom is 0.407 e. The number of hydrogen-bond acceptors (Lipinski definition) is 4. The number of nitrogens with zero attached hydrogens (tertiary/aromatic N) is 1. The van der Waals surface area contributed by atoms with Gasteiger partial charge in [0.05, 0.1) is 18.8 Å². The topological polar surface area (TPSA) is 84.9 Å². The van der Waals surface area contributed by atoms with Crippen LogP contribution in [0.25, 0.3) is 0 Å². The molecule has 1 amide bonds. The molecule has 2 aliphatic heterocycles. The Kier molecular flexibility index (Phi) is 4.78. The lowest BCUT2D eigenvalue weighted by atomic mass is 9.73. The largest absolute Gasteiger partial charge is 0.598 e. The fraction of sp³-hybridized carbons (Fsp3) is 0.929. The molecule has 3 atom stereocenters. The van der Waals surface area contributed by atoms with E-state index in [1.165, 1.54) is 4.90 Å². The third kappa shape index (κ3) is 3.47. The first-order valence-corrected chi connectivity index (χ1v) is 8.58.